The van der Waals surface area contributed by atoms with Gasteiger partial charge in [0, 0.05) is 25.7 Å². The van der Waals surface area contributed by atoms with Crippen molar-refractivity contribution in [2.24, 2.45) is 5.73 Å². The Morgan fingerprint density at radius 2 is 2.17 bits per heavy atom. The summed E-state index contributed by atoms with van der Waals surface area (Å²) in [5.74, 6) is 0.873. The lowest BCUT2D eigenvalue weighted by atomic mass is 10.2. The van der Waals surface area contributed by atoms with E-state index in [1.54, 1.807) is 0 Å². The molecule has 1 saturated carbocycles. The molecule has 1 aromatic rings. The quantitative estimate of drug-likeness (QED) is 0.722. The number of aliphatic hydroxyl groups excluding tert-OH is 1. The summed E-state index contributed by atoms with van der Waals surface area (Å²) in [5.41, 5.74) is 6.68. The Morgan fingerprint density at radius 1 is 1.33 bits per heavy atom. The highest BCUT2D eigenvalue weighted by atomic mass is 16.5. The van der Waals surface area contributed by atoms with Gasteiger partial charge in [0.15, 0.2) is 0 Å². The van der Waals surface area contributed by atoms with Crippen LogP contribution in [0, 0.1) is 0 Å². The van der Waals surface area contributed by atoms with Crippen LogP contribution in [0.1, 0.15) is 18.4 Å². The van der Waals surface area contributed by atoms with Gasteiger partial charge >= 0.3 is 0 Å². The van der Waals surface area contributed by atoms with Crippen LogP contribution >= 0.6 is 0 Å². The van der Waals surface area contributed by atoms with Crippen LogP contribution in [0.4, 0.5) is 0 Å². The zero-order valence-electron chi connectivity index (χ0n) is 10.7. The smallest absolute Gasteiger partial charge is 0.119 e. The van der Waals surface area contributed by atoms with Gasteiger partial charge in [-0.1, -0.05) is 12.1 Å². The topological polar surface area (TPSA) is 58.7 Å². The number of nitrogens with two attached hydrogens (primary N) is 1. The highest BCUT2D eigenvalue weighted by molar-refractivity contribution is 5.28. The summed E-state index contributed by atoms with van der Waals surface area (Å²) in [6.07, 6.45) is 2.51. The molecule has 0 heterocycles. The Morgan fingerprint density at radius 3 is 2.83 bits per heavy atom. The van der Waals surface area contributed by atoms with Crippen molar-refractivity contribution in [2.75, 3.05) is 26.3 Å². The van der Waals surface area contributed by atoms with Crippen LogP contribution in [0.25, 0.3) is 0 Å². The summed E-state index contributed by atoms with van der Waals surface area (Å²) < 4.78 is 5.72. The number of benzene rings is 1. The largest absolute Gasteiger partial charge is 0.492 e. The van der Waals surface area contributed by atoms with Crippen molar-refractivity contribution < 1.29 is 9.84 Å². The van der Waals surface area contributed by atoms with E-state index in [9.17, 15) is 0 Å². The molecule has 4 nitrogen and oxygen atoms in total. The standard InChI is InChI=1S/C14H22N2O2/c15-11-12-2-1-3-14(10-12)18-9-7-16(6-8-17)13-4-5-13/h1-3,10,13,17H,4-9,11,15H2. The molecule has 0 aliphatic heterocycles. The van der Waals surface area contributed by atoms with E-state index in [0.717, 1.165) is 24.4 Å². The fourth-order valence-corrected chi connectivity index (χ4v) is 2.09. The maximum Gasteiger partial charge on any atom is 0.119 e. The Balaban J connectivity index is 1.76. The van der Waals surface area contributed by atoms with Gasteiger partial charge in [0.25, 0.3) is 0 Å². The summed E-state index contributed by atoms with van der Waals surface area (Å²) in [6, 6.07) is 8.55. The lowest BCUT2D eigenvalue weighted by molar-refractivity contribution is 0.162. The molecule has 0 amide bonds. The van der Waals surface area contributed by atoms with Gasteiger partial charge < -0.3 is 15.6 Å². The molecule has 0 saturated heterocycles. The lowest BCUT2D eigenvalue weighted by Crippen LogP contribution is -2.33. The zero-order chi connectivity index (χ0) is 12.8. The molecule has 1 aliphatic carbocycles. The van der Waals surface area contributed by atoms with Gasteiger partial charge in [0.05, 0.1) is 6.61 Å². The van der Waals surface area contributed by atoms with E-state index >= 15 is 0 Å². The second-order valence-corrected chi connectivity index (χ2v) is 4.69. The molecule has 18 heavy (non-hydrogen) atoms. The molecule has 0 spiro atoms. The van der Waals surface area contributed by atoms with Crippen molar-refractivity contribution in [3.63, 3.8) is 0 Å². The molecule has 0 aromatic heterocycles. The van der Waals surface area contributed by atoms with Crippen molar-refractivity contribution >= 4 is 0 Å². The maximum atomic E-state index is 9.00. The summed E-state index contributed by atoms with van der Waals surface area (Å²) in [4.78, 5) is 2.30. The average molecular weight is 250 g/mol. The first-order valence-corrected chi connectivity index (χ1v) is 6.60. The maximum absolute atomic E-state index is 9.00. The molecule has 1 aromatic carbocycles. The third kappa shape index (κ3) is 3.98. The van der Waals surface area contributed by atoms with Crippen LogP contribution in [0.5, 0.6) is 5.75 Å². The molecular weight excluding hydrogens is 228 g/mol. The van der Waals surface area contributed by atoms with Crippen molar-refractivity contribution in [3.8, 4) is 5.75 Å². The van der Waals surface area contributed by atoms with E-state index in [-0.39, 0.29) is 6.61 Å². The van der Waals surface area contributed by atoms with Gasteiger partial charge in [0.1, 0.15) is 12.4 Å². The van der Waals surface area contributed by atoms with Crippen LogP contribution in [0.3, 0.4) is 0 Å². The average Bonchev–Trinajstić information content (AvgIpc) is 3.22. The zero-order valence-corrected chi connectivity index (χ0v) is 10.7. The van der Waals surface area contributed by atoms with Gasteiger partial charge in [-0.25, -0.2) is 0 Å². The molecule has 100 valence electrons. The minimum Gasteiger partial charge on any atom is -0.492 e. The molecule has 0 radical (unpaired) electrons. The van der Waals surface area contributed by atoms with Gasteiger partial charge in [0.2, 0.25) is 0 Å². The normalized spacial score (nSPS) is 15.1. The number of ether oxygens (including phenoxy) is 1. The van der Waals surface area contributed by atoms with Crippen LogP contribution < -0.4 is 10.5 Å². The van der Waals surface area contributed by atoms with Gasteiger partial charge in [-0.05, 0) is 30.5 Å². The number of hydrogen-bond acceptors (Lipinski definition) is 4. The number of rotatable bonds is 8. The molecule has 3 N–H and O–H groups in total. The van der Waals surface area contributed by atoms with Gasteiger partial charge in [-0.2, -0.15) is 0 Å². The number of nitrogens with zero attached hydrogens (tertiary/aromatic N) is 1. The molecule has 4 heteroatoms. The molecule has 0 atom stereocenters. The number of hydrogen-bond donors (Lipinski definition) is 2. The van der Waals surface area contributed by atoms with Crippen molar-refractivity contribution in [2.45, 2.75) is 25.4 Å². The van der Waals surface area contributed by atoms with E-state index < -0.39 is 0 Å². The molecular formula is C14H22N2O2. The van der Waals surface area contributed by atoms with Crippen LogP contribution in [0.2, 0.25) is 0 Å². The predicted octanol–water partition coefficient (Wildman–Crippen LogP) is 0.981. The molecule has 2 rings (SSSR count). The first-order valence-electron chi connectivity index (χ1n) is 6.60. The van der Waals surface area contributed by atoms with E-state index in [0.29, 0.717) is 19.2 Å². The first-order chi connectivity index (χ1) is 8.83. The Hall–Kier alpha value is -1.10. The van der Waals surface area contributed by atoms with E-state index in [2.05, 4.69) is 4.90 Å². The third-order valence-corrected chi connectivity index (χ3v) is 3.23. The monoisotopic (exact) mass is 250 g/mol. The lowest BCUT2D eigenvalue weighted by Gasteiger charge is -2.20. The molecule has 1 fully saturated rings. The fraction of sp³-hybridized carbons (Fsp3) is 0.571. The van der Waals surface area contributed by atoms with Gasteiger partial charge in [-0.3, -0.25) is 4.90 Å². The van der Waals surface area contributed by atoms with E-state index in [4.69, 9.17) is 15.6 Å². The van der Waals surface area contributed by atoms with E-state index in [1.165, 1.54) is 12.8 Å². The molecule has 0 bridgehead atoms. The minimum absolute atomic E-state index is 0.221. The molecule has 1 aliphatic rings. The second kappa shape index (κ2) is 6.73. The summed E-state index contributed by atoms with van der Waals surface area (Å²) in [6.45, 7) is 3.04. The van der Waals surface area contributed by atoms with Crippen molar-refractivity contribution in [1.29, 1.82) is 0 Å². The summed E-state index contributed by atoms with van der Waals surface area (Å²) >= 11 is 0. The summed E-state index contributed by atoms with van der Waals surface area (Å²) in [5, 5.41) is 9.00. The Labute approximate surface area is 108 Å². The number of aliphatic hydroxyl groups is 1. The Kier molecular flexibility index (Phi) is 4.99. The van der Waals surface area contributed by atoms with E-state index in [1.807, 2.05) is 24.3 Å². The SMILES string of the molecule is NCc1cccc(OCCN(CCO)C2CC2)c1. The van der Waals surface area contributed by atoms with Crippen molar-refractivity contribution in [3.05, 3.63) is 29.8 Å². The van der Waals surface area contributed by atoms with Gasteiger partial charge in [-0.15, -0.1) is 0 Å². The highest BCUT2D eigenvalue weighted by Gasteiger charge is 2.28. The molecule has 0 unspecified atom stereocenters. The highest BCUT2D eigenvalue weighted by Crippen LogP contribution is 2.26. The first kappa shape index (κ1) is 13.3. The minimum atomic E-state index is 0.221. The van der Waals surface area contributed by atoms with Crippen molar-refractivity contribution in [1.82, 2.24) is 4.90 Å². The summed E-state index contributed by atoms with van der Waals surface area (Å²) in [7, 11) is 0. The van der Waals surface area contributed by atoms with Crippen LogP contribution in [-0.2, 0) is 6.54 Å². The van der Waals surface area contributed by atoms with Crippen LogP contribution in [-0.4, -0.2) is 42.4 Å². The predicted molar refractivity (Wildman–Crippen MR) is 71.5 cm³/mol. The third-order valence-electron chi connectivity index (χ3n) is 3.23. The fourth-order valence-electron chi connectivity index (χ4n) is 2.09. The Bertz CT molecular complexity index is 367. The van der Waals surface area contributed by atoms with Crippen LogP contribution in [0.15, 0.2) is 24.3 Å². The second-order valence-electron chi connectivity index (χ2n) is 4.69.